The molecule has 0 radical (unpaired) electrons. The molecule has 2 aromatic rings. The average Bonchev–Trinajstić information content (AvgIpc) is 3.65. The first kappa shape index (κ1) is 42.1. The quantitative estimate of drug-likeness (QED) is 0.0912. The molecule has 0 bridgehead atoms. The Morgan fingerprint density at radius 1 is 0.962 bits per heavy atom. The van der Waals surface area contributed by atoms with Gasteiger partial charge >= 0.3 is 12.2 Å². The minimum absolute atomic E-state index is 0.0648. The molecule has 1 heterocycles. The zero-order valence-electron chi connectivity index (χ0n) is 31.2. The second kappa shape index (κ2) is 20.0. The van der Waals surface area contributed by atoms with Crippen LogP contribution in [0.1, 0.15) is 77.5 Å². The van der Waals surface area contributed by atoms with E-state index in [-0.39, 0.29) is 36.8 Å². The second-order valence-corrected chi connectivity index (χ2v) is 14.3. The minimum atomic E-state index is -2.40. The number of alkyl carbamates (subject to hydrolysis) is 2. The fraction of sp³-hybridized carbons (Fsp3) is 0.622. The Bertz CT molecular complexity index is 1450. The molecule has 5 atom stereocenters. The number of nitrogens with zero attached hydrogens (tertiary/aromatic N) is 2. The zero-order chi connectivity index (χ0) is 38.4. The van der Waals surface area contributed by atoms with Gasteiger partial charge in [0.25, 0.3) is 5.91 Å². The number of carbonyl (C=O) groups excluding carboxylic acids is 5. The van der Waals surface area contributed by atoms with Gasteiger partial charge in [-0.2, -0.15) is 0 Å². The topological polar surface area (TPSA) is 218 Å². The van der Waals surface area contributed by atoms with Crippen LogP contribution in [-0.4, -0.2) is 89.1 Å². The van der Waals surface area contributed by atoms with E-state index in [9.17, 15) is 29.1 Å². The number of ether oxygens (including phenoxy) is 2. The van der Waals surface area contributed by atoms with Gasteiger partial charge in [0, 0.05) is 31.6 Å². The SMILES string of the molecule is COC(=O)N[C@H](C(=O)NN(CC1CCCCC1)C[C@H](C(=O)CCc1c[nH]cn1)[C@H](C(=O)[C@@H](NC(=O)OC)C(C)C)C(N)(O)c1ccccc1)C(C)C. The average molecular weight is 728 g/mol. The molecule has 15 heteroatoms. The van der Waals surface area contributed by atoms with E-state index < -0.39 is 65.2 Å². The number of aryl methyl sites for hydroxylation is 1. The number of nitrogens with two attached hydrogens (primary N) is 1. The van der Waals surface area contributed by atoms with Crippen molar-refractivity contribution in [3.05, 3.63) is 54.1 Å². The molecule has 0 saturated heterocycles. The van der Waals surface area contributed by atoms with E-state index in [2.05, 4.69) is 26.0 Å². The standard InChI is InChI=1S/C37H57N7O8/c1-23(2)31(41-35(48)51-5)33(46)30(37(38,50)26-15-11-8-12-16-26)28(29(45)18-17-27-19-39-22-40-27)21-44(20-25-13-9-7-10-14-25)43-34(47)32(24(3)4)42-36(49)52-6/h8,11-12,15-16,19,22-25,28,30-32,50H,7,9-10,13-14,17-18,20-21,38H2,1-6H3,(H,39,40)(H,41,48)(H,42,49)(H,43,47)/t28-,30-,31+,32+,37?/m1/s1. The third-order valence-electron chi connectivity index (χ3n) is 9.74. The van der Waals surface area contributed by atoms with Gasteiger partial charge in [-0.1, -0.05) is 77.3 Å². The lowest BCUT2D eigenvalue weighted by molar-refractivity contribution is -0.150. The van der Waals surface area contributed by atoms with E-state index >= 15 is 0 Å². The van der Waals surface area contributed by atoms with E-state index in [1.165, 1.54) is 20.5 Å². The van der Waals surface area contributed by atoms with E-state index in [4.69, 9.17) is 15.2 Å². The Kier molecular flexibility index (Phi) is 16.2. The molecule has 3 rings (SSSR count). The maximum atomic E-state index is 14.8. The van der Waals surface area contributed by atoms with Crippen molar-refractivity contribution in [2.24, 2.45) is 35.3 Å². The predicted molar refractivity (Wildman–Crippen MR) is 193 cm³/mol. The fourth-order valence-corrected chi connectivity index (χ4v) is 6.84. The first-order valence-corrected chi connectivity index (χ1v) is 18.0. The summed E-state index contributed by atoms with van der Waals surface area (Å²) >= 11 is 0. The summed E-state index contributed by atoms with van der Waals surface area (Å²) in [5, 5.41) is 19.1. The Hall–Kier alpha value is -4.34. The Morgan fingerprint density at radius 3 is 2.10 bits per heavy atom. The maximum Gasteiger partial charge on any atom is 0.407 e. The molecule has 52 heavy (non-hydrogen) atoms. The van der Waals surface area contributed by atoms with Gasteiger partial charge in [0.05, 0.1) is 38.2 Å². The molecule has 7 N–H and O–H groups in total. The number of hydrazine groups is 1. The lowest BCUT2D eigenvalue weighted by Crippen LogP contribution is -2.61. The van der Waals surface area contributed by atoms with Gasteiger partial charge in [0.15, 0.2) is 5.78 Å². The molecular weight excluding hydrogens is 670 g/mol. The predicted octanol–water partition coefficient (Wildman–Crippen LogP) is 3.19. The number of imidazole rings is 1. The van der Waals surface area contributed by atoms with Gasteiger partial charge in [-0.3, -0.25) is 25.5 Å². The summed E-state index contributed by atoms with van der Waals surface area (Å²) < 4.78 is 9.58. The summed E-state index contributed by atoms with van der Waals surface area (Å²) in [7, 11) is 2.38. The molecule has 1 fully saturated rings. The van der Waals surface area contributed by atoms with Crippen molar-refractivity contribution < 1.29 is 38.6 Å². The van der Waals surface area contributed by atoms with Crippen LogP contribution in [0.15, 0.2) is 42.9 Å². The second-order valence-electron chi connectivity index (χ2n) is 14.3. The van der Waals surface area contributed by atoms with E-state index in [0.29, 0.717) is 12.2 Å². The summed E-state index contributed by atoms with van der Waals surface area (Å²) in [5.41, 5.74) is 8.13. The largest absolute Gasteiger partial charge is 0.453 e. The molecule has 288 valence electrons. The molecule has 1 aromatic carbocycles. The highest BCUT2D eigenvalue weighted by Gasteiger charge is 2.50. The van der Waals surface area contributed by atoms with Crippen molar-refractivity contribution in [1.82, 2.24) is 31.0 Å². The number of H-pyrrole nitrogens is 1. The summed E-state index contributed by atoms with van der Waals surface area (Å²) in [4.78, 5) is 75.1. The van der Waals surface area contributed by atoms with Crippen LogP contribution in [0.5, 0.6) is 0 Å². The molecular formula is C37H57N7O8. The van der Waals surface area contributed by atoms with Crippen LogP contribution >= 0.6 is 0 Å². The van der Waals surface area contributed by atoms with Crippen molar-refractivity contribution in [2.45, 2.75) is 90.4 Å². The van der Waals surface area contributed by atoms with Gasteiger partial charge in [0.1, 0.15) is 17.6 Å². The molecule has 3 amide bonds. The fourth-order valence-electron chi connectivity index (χ4n) is 6.84. The van der Waals surface area contributed by atoms with Crippen LogP contribution in [0.4, 0.5) is 9.59 Å². The number of amides is 3. The van der Waals surface area contributed by atoms with Crippen molar-refractivity contribution in [3.8, 4) is 0 Å². The molecule has 15 nitrogen and oxygen atoms in total. The van der Waals surface area contributed by atoms with Crippen molar-refractivity contribution in [1.29, 1.82) is 0 Å². The summed E-state index contributed by atoms with van der Waals surface area (Å²) in [6, 6.07) is 5.99. The third kappa shape index (κ3) is 11.9. The highest BCUT2D eigenvalue weighted by molar-refractivity contribution is 5.95. The normalized spacial score (nSPS) is 17.1. The monoisotopic (exact) mass is 727 g/mol. The van der Waals surface area contributed by atoms with E-state index in [1.807, 2.05) is 0 Å². The molecule has 1 aliphatic carbocycles. The van der Waals surface area contributed by atoms with Crippen molar-refractivity contribution >= 4 is 29.7 Å². The Morgan fingerprint density at radius 2 is 1.56 bits per heavy atom. The number of rotatable bonds is 19. The molecule has 0 aliphatic heterocycles. The van der Waals surface area contributed by atoms with Crippen LogP contribution in [0.2, 0.25) is 0 Å². The molecule has 1 aliphatic rings. The number of aliphatic hydroxyl groups is 1. The number of methoxy groups -OCH3 is 2. The van der Waals surface area contributed by atoms with Crippen LogP contribution in [-0.2, 0) is 36.0 Å². The number of hydrogen-bond donors (Lipinski definition) is 6. The summed E-state index contributed by atoms with van der Waals surface area (Å²) in [5.74, 6) is -5.19. The highest BCUT2D eigenvalue weighted by Crippen LogP contribution is 2.35. The van der Waals surface area contributed by atoms with Gasteiger partial charge in [-0.05, 0) is 42.6 Å². The number of aromatic nitrogens is 2. The van der Waals surface area contributed by atoms with Gasteiger partial charge < -0.3 is 30.2 Å². The molecule has 1 unspecified atom stereocenters. The number of ketones is 2. The third-order valence-corrected chi connectivity index (χ3v) is 9.74. The zero-order valence-corrected chi connectivity index (χ0v) is 31.2. The lowest BCUT2D eigenvalue weighted by atomic mass is 9.71. The Labute approximate surface area is 306 Å². The van der Waals surface area contributed by atoms with Crippen molar-refractivity contribution in [2.75, 3.05) is 27.3 Å². The van der Waals surface area contributed by atoms with Crippen LogP contribution in [0, 0.1) is 29.6 Å². The lowest BCUT2D eigenvalue weighted by Gasteiger charge is -2.41. The number of nitrogens with one attached hydrogen (secondary N) is 4. The summed E-state index contributed by atoms with van der Waals surface area (Å²) in [6.45, 7) is 7.11. The summed E-state index contributed by atoms with van der Waals surface area (Å²) in [6.07, 6.45) is 6.57. The highest BCUT2D eigenvalue weighted by atomic mass is 16.5. The number of hydrogen-bond acceptors (Lipinski definition) is 11. The van der Waals surface area contributed by atoms with Crippen LogP contribution in [0.25, 0.3) is 0 Å². The van der Waals surface area contributed by atoms with Gasteiger partial charge in [0.2, 0.25) is 0 Å². The minimum Gasteiger partial charge on any atom is -0.453 e. The van der Waals surface area contributed by atoms with E-state index in [1.54, 1.807) is 69.2 Å². The van der Waals surface area contributed by atoms with Crippen LogP contribution < -0.4 is 21.8 Å². The maximum absolute atomic E-state index is 14.8. The number of benzene rings is 1. The number of carbonyl (C=O) groups is 5. The number of aromatic amines is 1. The molecule has 0 spiro atoms. The first-order valence-electron chi connectivity index (χ1n) is 18.0. The molecule has 1 aromatic heterocycles. The Balaban J connectivity index is 2.17. The smallest absolute Gasteiger partial charge is 0.407 e. The van der Waals surface area contributed by atoms with Crippen molar-refractivity contribution in [3.63, 3.8) is 0 Å². The molecule has 1 saturated carbocycles. The van der Waals surface area contributed by atoms with Gasteiger partial charge in [-0.25, -0.2) is 19.6 Å². The number of Topliss-reactive ketones (excluding diaryl/α,β-unsaturated/α-hetero) is 2. The van der Waals surface area contributed by atoms with E-state index in [0.717, 1.165) is 32.1 Å². The first-order chi connectivity index (χ1) is 24.7. The van der Waals surface area contributed by atoms with Crippen LogP contribution in [0.3, 0.4) is 0 Å². The van der Waals surface area contributed by atoms with Gasteiger partial charge in [-0.15, -0.1) is 0 Å².